The van der Waals surface area contributed by atoms with Gasteiger partial charge in [-0.2, -0.15) is 5.10 Å². The summed E-state index contributed by atoms with van der Waals surface area (Å²) in [6.45, 7) is 2.84. The van der Waals surface area contributed by atoms with Crippen LogP contribution in [0.15, 0.2) is 24.3 Å². The Labute approximate surface area is 117 Å². The zero-order valence-corrected chi connectivity index (χ0v) is 11.5. The van der Waals surface area contributed by atoms with E-state index in [2.05, 4.69) is 5.10 Å². The number of fused-ring (bicyclic) bond motifs is 1. The molecule has 104 valence electrons. The van der Waals surface area contributed by atoms with Crippen molar-refractivity contribution in [3.63, 3.8) is 0 Å². The van der Waals surface area contributed by atoms with E-state index < -0.39 is 0 Å². The van der Waals surface area contributed by atoms with Crippen LogP contribution in [0.2, 0.25) is 0 Å². The lowest BCUT2D eigenvalue weighted by molar-refractivity contribution is 0.101. The van der Waals surface area contributed by atoms with Crippen LogP contribution in [0.5, 0.6) is 11.5 Å². The minimum absolute atomic E-state index is 0.0406. The Kier molecular flexibility index (Phi) is 3.18. The minimum atomic E-state index is -0.0406. The summed E-state index contributed by atoms with van der Waals surface area (Å²) in [5.74, 6) is 1.46. The number of Topliss-reactive ketones (excluding diaryl/α,β-unsaturated/α-hetero) is 1. The highest BCUT2D eigenvalue weighted by Gasteiger charge is 2.15. The summed E-state index contributed by atoms with van der Waals surface area (Å²) in [4.78, 5) is 11.4. The van der Waals surface area contributed by atoms with E-state index in [4.69, 9.17) is 9.47 Å². The molecule has 20 heavy (non-hydrogen) atoms. The molecule has 1 aliphatic rings. The maximum Gasteiger partial charge on any atom is 0.180 e. The van der Waals surface area contributed by atoms with Crippen molar-refractivity contribution in [1.82, 2.24) is 9.78 Å². The zero-order valence-electron chi connectivity index (χ0n) is 11.5. The van der Waals surface area contributed by atoms with Crippen LogP contribution >= 0.6 is 0 Å². The van der Waals surface area contributed by atoms with E-state index in [-0.39, 0.29) is 5.78 Å². The Bertz CT molecular complexity index is 661. The van der Waals surface area contributed by atoms with Gasteiger partial charge >= 0.3 is 0 Å². The lowest BCUT2D eigenvalue weighted by atomic mass is 10.1. The number of ketones is 1. The average molecular weight is 272 g/mol. The number of aromatic nitrogens is 2. The van der Waals surface area contributed by atoms with Crippen LogP contribution in [0.3, 0.4) is 0 Å². The number of nitrogens with zero attached hydrogens (tertiary/aromatic N) is 2. The molecule has 0 saturated carbocycles. The van der Waals surface area contributed by atoms with E-state index in [1.807, 2.05) is 25.2 Å². The number of aryl methyl sites for hydroxylation is 1. The second kappa shape index (κ2) is 5.00. The lowest BCUT2D eigenvalue weighted by Crippen LogP contribution is -1.97. The summed E-state index contributed by atoms with van der Waals surface area (Å²) >= 11 is 0. The molecule has 0 aliphatic carbocycles. The molecule has 0 radical (unpaired) electrons. The molecule has 0 N–H and O–H groups in total. The van der Waals surface area contributed by atoms with E-state index in [0.29, 0.717) is 18.9 Å². The van der Waals surface area contributed by atoms with Gasteiger partial charge in [-0.05, 0) is 24.3 Å². The van der Waals surface area contributed by atoms with Crippen molar-refractivity contribution in [3.8, 4) is 22.8 Å². The molecule has 1 aliphatic heterocycles. The molecule has 0 fully saturated rings. The smallest absolute Gasteiger partial charge is 0.180 e. The Morgan fingerprint density at radius 3 is 2.65 bits per heavy atom. The highest BCUT2D eigenvalue weighted by Crippen LogP contribution is 2.34. The monoisotopic (exact) mass is 272 g/mol. The van der Waals surface area contributed by atoms with E-state index in [1.54, 1.807) is 10.7 Å². The van der Waals surface area contributed by atoms with Gasteiger partial charge in [0.25, 0.3) is 0 Å². The second-order valence-electron chi connectivity index (χ2n) is 4.81. The molecular formula is C15H16N2O3. The molecule has 5 nitrogen and oxygen atoms in total. The van der Waals surface area contributed by atoms with Crippen molar-refractivity contribution >= 4 is 5.78 Å². The summed E-state index contributed by atoms with van der Waals surface area (Å²) in [6, 6.07) is 7.58. The van der Waals surface area contributed by atoms with E-state index >= 15 is 0 Å². The second-order valence-corrected chi connectivity index (χ2v) is 4.81. The average Bonchev–Trinajstić information content (AvgIpc) is 2.68. The molecule has 1 aromatic heterocycles. The lowest BCUT2D eigenvalue weighted by Gasteiger charge is -2.09. The number of carbonyl (C=O) groups is 1. The van der Waals surface area contributed by atoms with Gasteiger partial charge in [0.05, 0.1) is 18.9 Å². The molecule has 2 aromatic rings. The largest absolute Gasteiger partial charge is 0.490 e. The molecule has 0 unspecified atom stereocenters. The first-order valence-corrected chi connectivity index (χ1v) is 6.60. The van der Waals surface area contributed by atoms with Crippen LogP contribution < -0.4 is 9.47 Å². The van der Waals surface area contributed by atoms with Crippen molar-refractivity contribution in [2.24, 2.45) is 7.05 Å². The van der Waals surface area contributed by atoms with Gasteiger partial charge in [0, 0.05) is 26.0 Å². The van der Waals surface area contributed by atoms with E-state index in [1.165, 1.54) is 6.92 Å². The standard InChI is InChI=1S/C15H16N2O3/c1-10(18)12-9-13(17(2)16-12)11-4-5-14-15(8-11)20-7-3-6-19-14/h4-5,8-9H,3,6-7H2,1-2H3. The number of carbonyl (C=O) groups excluding carboxylic acids is 1. The Morgan fingerprint density at radius 1 is 1.20 bits per heavy atom. The third kappa shape index (κ3) is 2.27. The number of ether oxygens (including phenoxy) is 2. The van der Waals surface area contributed by atoms with Gasteiger partial charge in [-0.25, -0.2) is 0 Å². The summed E-state index contributed by atoms with van der Waals surface area (Å²) in [5.41, 5.74) is 2.30. The quantitative estimate of drug-likeness (QED) is 0.788. The van der Waals surface area contributed by atoms with Crippen molar-refractivity contribution < 1.29 is 14.3 Å². The fourth-order valence-corrected chi connectivity index (χ4v) is 2.23. The van der Waals surface area contributed by atoms with Crippen LogP contribution in [0.1, 0.15) is 23.8 Å². The number of benzene rings is 1. The topological polar surface area (TPSA) is 53.4 Å². The van der Waals surface area contributed by atoms with Gasteiger partial charge in [0.15, 0.2) is 17.3 Å². The van der Waals surface area contributed by atoms with Crippen LogP contribution in [-0.2, 0) is 7.05 Å². The van der Waals surface area contributed by atoms with Crippen molar-refractivity contribution in [2.75, 3.05) is 13.2 Å². The predicted octanol–water partition coefficient (Wildman–Crippen LogP) is 2.45. The van der Waals surface area contributed by atoms with Crippen LogP contribution in [-0.4, -0.2) is 28.8 Å². The van der Waals surface area contributed by atoms with E-state index in [9.17, 15) is 4.79 Å². The van der Waals surface area contributed by atoms with Gasteiger partial charge in [0.1, 0.15) is 5.69 Å². The van der Waals surface area contributed by atoms with Gasteiger partial charge < -0.3 is 9.47 Å². The first-order valence-electron chi connectivity index (χ1n) is 6.60. The number of hydrogen-bond donors (Lipinski definition) is 0. The first kappa shape index (κ1) is 12.7. The molecule has 0 amide bonds. The maximum atomic E-state index is 11.4. The van der Waals surface area contributed by atoms with Gasteiger partial charge in [-0.15, -0.1) is 0 Å². The molecular weight excluding hydrogens is 256 g/mol. The fraction of sp³-hybridized carbons (Fsp3) is 0.333. The Balaban J connectivity index is 2.02. The summed E-state index contributed by atoms with van der Waals surface area (Å²) < 4.78 is 13.0. The van der Waals surface area contributed by atoms with Gasteiger partial charge in [-0.1, -0.05) is 0 Å². The van der Waals surface area contributed by atoms with Crippen molar-refractivity contribution in [3.05, 3.63) is 30.0 Å². The van der Waals surface area contributed by atoms with Crippen molar-refractivity contribution in [1.29, 1.82) is 0 Å². The van der Waals surface area contributed by atoms with E-state index in [0.717, 1.165) is 29.2 Å². The van der Waals surface area contributed by atoms with Gasteiger partial charge in [-0.3, -0.25) is 9.48 Å². The molecule has 0 bridgehead atoms. The minimum Gasteiger partial charge on any atom is -0.490 e. The SMILES string of the molecule is CC(=O)c1cc(-c2ccc3c(c2)OCCCO3)n(C)n1. The van der Waals surface area contributed by atoms with Crippen LogP contribution in [0.25, 0.3) is 11.3 Å². The predicted molar refractivity (Wildman–Crippen MR) is 74.3 cm³/mol. The van der Waals surface area contributed by atoms with Crippen LogP contribution in [0, 0.1) is 0 Å². The normalized spacial score (nSPS) is 13.9. The molecule has 0 spiro atoms. The molecule has 5 heteroatoms. The number of hydrogen-bond acceptors (Lipinski definition) is 4. The molecule has 3 rings (SSSR count). The third-order valence-corrected chi connectivity index (χ3v) is 3.28. The highest BCUT2D eigenvalue weighted by atomic mass is 16.5. The molecule has 0 saturated heterocycles. The summed E-state index contributed by atoms with van der Waals surface area (Å²) in [5, 5.41) is 4.21. The fourth-order valence-electron chi connectivity index (χ4n) is 2.23. The highest BCUT2D eigenvalue weighted by molar-refractivity contribution is 5.93. The third-order valence-electron chi connectivity index (χ3n) is 3.28. The maximum absolute atomic E-state index is 11.4. The van der Waals surface area contributed by atoms with Crippen LogP contribution in [0.4, 0.5) is 0 Å². The molecule has 0 atom stereocenters. The molecule has 2 heterocycles. The summed E-state index contributed by atoms with van der Waals surface area (Å²) in [6.07, 6.45) is 0.879. The Hall–Kier alpha value is -2.30. The Morgan fingerprint density at radius 2 is 1.95 bits per heavy atom. The van der Waals surface area contributed by atoms with Crippen molar-refractivity contribution in [2.45, 2.75) is 13.3 Å². The number of rotatable bonds is 2. The first-order chi connectivity index (χ1) is 9.65. The molecule has 1 aromatic carbocycles. The van der Waals surface area contributed by atoms with Gasteiger partial charge in [0.2, 0.25) is 0 Å². The summed E-state index contributed by atoms with van der Waals surface area (Å²) in [7, 11) is 1.82. The zero-order chi connectivity index (χ0) is 14.1.